The number of morpholine rings is 1. The molecule has 0 radical (unpaired) electrons. The molecule has 0 saturated carbocycles. The minimum absolute atomic E-state index is 0.0216. The summed E-state index contributed by atoms with van der Waals surface area (Å²) in [5.74, 6) is -0.0216. The van der Waals surface area contributed by atoms with Crippen LogP contribution in [0.4, 0.5) is 0 Å². The Bertz CT molecular complexity index is 393. The first kappa shape index (κ1) is 13.1. The van der Waals surface area contributed by atoms with Crippen molar-refractivity contribution in [2.45, 2.75) is 32.0 Å². The number of hydrogen-bond donors (Lipinski definition) is 1. The molecule has 98 valence electrons. The maximum Gasteiger partial charge on any atom is 0.252 e. The van der Waals surface area contributed by atoms with Crippen molar-refractivity contribution in [1.29, 1.82) is 0 Å². The molecule has 1 aromatic carbocycles. The maximum absolute atomic E-state index is 12.2. The van der Waals surface area contributed by atoms with Gasteiger partial charge in [-0.15, -0.1) is 0 Å². The normalized spacial score (nSPS) is 24.3. The number of aliphatic hydroxyl groups excluding tert-OH is 1. The average Bonchev–Trinajstić information content (AvgIpc) is 2.39. The molecule has 4 heteroatoms. The lowest BCUT2D eigenvalue weighted by molar-refractivity contribution is -0.160. The molecule has 0 bridgehead atoms. The number of nitrogens with zero attached hydrogens (tertiary/aromatic N) is 1. The first-order valence-electron chi connectivity index (χ1n) is 6.29. The summed E-state index contributed by atoms with van der Waals surface area (Å²) in [4.78, 5) is 14.1. The Labute approximate surface area is 107 Å². The third kappa shape index (κ3) is 2.89. The summed E-state index contributed by atoms with van der Waals surface area (Å²) in [6, 6.07) is 10.00. The van der Waals surface area contributed by atoms with E-state index in [1.54, 1.807) is 0 Å². The molecule has 0 unspecified atom stereocenters. The number of carbonyl (C=O) groups excluding carboxylic acids is 1. The minimum atomic E-state index is -0.491. The molecule has 0 aliphatic carbocycles. The summed E-state index contributed by atoms with van der Waals surface area (Å²) >= 11 is 0. The molecule has 2 atom stereocenters. The van der Waals surface area contributed by atoms with Gasteiger partial charge in [0.25, 0.3) is 5.91 Å². The van der Waals surface area contributed by atoms with Crippen LogP contribution in [-0.2, 0) is 16.1 Å². The Kier molecular flexibility index (Phi) is 4.33. The topological polar surface area (TPSA) is 49.8 Å². The van der Waals surface area contributed by atoms with E-state index in [0.29, 0.717) is 19.6 Å². The van der Waals surface area contributed by atoms with Crippen molar-refractivity contribution in [2.75, 3.05) is 13.2 Å². The van der Waals surface area contributed by atoms with E-state index >= 15 is 0 Å². The van der Waals surface area contributed by atoms with E-state index in [-0.39, 0.29) is 18.6 Å². The second-order valence-electron chi connectivity index (χ2n) is 4.64. The molecule has 1 aromatic rings. The number of ether oxygens (including phenoxy) is 1. The molecular weight excluding hydrogens is 230 g/mol. The van der Waals surface area contributed by atoms with Gasteiger partial charge in [-0.05, 0) is 12.5 Å². The summed E-state index contributed by atoms with van der Waals surface area (Å²) in [7, 11) is 0. The van der Waals surface area contributed by atoms with Gasteiger partial charge < -0.3 is 14.7 Å². The summed E-state index contributed by atoms with van der Waals surface area (Å²) < 4.78 is 5.46. The first-order valence-corrected chi connectivity index (χ1v) is 6.29. The SMILES string of the molecule is C[C@H]1CO[C@@H](CCO)C(=O)N1Cc1ccccc1. The van der Waals surface area contributed by atoms with E-state index in [9.17, 15) is 4.79 Å². The van der Waals surface area contributed by atoms with E-state index in [4.69, 9.17) is 9.84 Å². The van der Waals surface area contributed by atoms with E-state index in [1.165, 1.54) is 0 Å². The van der Waals surface area contributed by atoms with E-state index in [0.717, 1.165) is 5.56 Å². The lowest BCUT2D eigenvalue weighted by atomic mass is 10.1. The predicted octanol–water partition coefficient (Wildman–Crippen LogP) is 1.18. The molecule has 0 aromatic heterocycles. The van der Waals surface area contributed by atoms with Crippen LogP contribution in [-0.4, -0.2) is 41.3 Å². The quantitative estimate of drug-likeness (QED) is 0.872. The van der Waals surface area contributed by atoms with Gasteiger partial charge in [-0.1, -0.05) is 30.3 Å². The Hall–Kier alpha value is -1.39. The third-order valence-corrected chi connectivity index (χ3v) is 3.22. The van der Waals surface area contributed by atoms with Crippen LogP contribution in [0.25, 0.3) is 0 Å². The Morgan fingerprint density at radius 2 is 2.11 bits per heavy atom. The summed E-state index contributed by atoms with van der Waals surface area (Å²) in [6.07, 6.45) is -0.119. The van der Waals surface area contributed by atoms with Gasteiger partial charge in [-0.25, -0.2) is 0 Å². The van der Waals surface area contributed by atoms with Crippen molar-refractivity contribution in [3.8, 4) is 0 Å². The highest BCUT2D eigenvalue weighted by Gasteiger charge is 2.33. The van der Waals surface area contributed by atoms with Crippen molar-refractivity contribution in [3.05, 3.63) is 35.9 Å². The fourth-order valence-electron chi connectivity index (χ4n) is 2.16. The fraction of sp³-hybridized carbons (Fsp3) is 0.500. The lowest BCUT2D eigenvalue weighted by Gasteiger charge is -2.37. The Morgan fingerprint density at radius 1 is 1.39 bits per heavy atom. The van der Waals surface area contributed by atoms with Crippen LogP contribution in [0.1, 0.15) is 18.9 Å². The zero-order valence-electron chi connectivity index (χ0n) is 10.6. The molecule has 18 heavy (non-hydrogen) atoms. The molecular formula is C14H19NO3. The summed E-state index contributed by atoms with van der Waals surface area (Å²) in [5.41, 5.74) is 1.11. The van der Waals surface area contributed by atoms with Gasteiger partial charge in [0.1, 0.15) is 6.10 Å². The van der Waals surface area contributed by atoms with Gasteiger partial charge in [0, 0.05) is 19.6 Å². The molecule has 1 N–H and O–H groups in total. The molecule has 1 aliphatic rings. The van der Waals surface area contributed by atoms with Crippen molar-refractivity contribution in [3.63, 3.8) is 0 Å². The second-order valence-corrected chi connectivity index (χ2v) is 4.64. The van der Waals surface area contributed by atoms with Gasteiger partial charge >= 0.3 is 0 Å². The Balaban J connectivity index is 2.07. The van der Waals surface area contributed by atoms with Gasteiger partial charge in [0.2, 0.25) is 0 Å². The molecule has 1 amide bonds. The maximum atomic E-state index is 12.2. The number of benzene rings is 1. The van der Waals surface area contributed by atoms with Gasteiger partial charge in [-0.2, -0.15) is 0 Å². The smallest absolute Gasteiger partial charge is 0.252 e. The highest BCUT2D eigenvalue weighted by molar-refractivity contribution is 5.81. The standard InChI is InChI=1S/C14H19NO3/c1-11-10-18-13(7-8-16)14(17)15(11)9-12-5-3-2-4-6-12/h2-6,11,13,16H,7-10H2,1H3/t11-,13-/m0/s1. The first-order chi connectivity index (χ1) is 8.72. The number of amides is 1. The monoisotopic (exact) mass is 249 g/mol. The molecule has 0 spiro atoms. The third-order valence-electron chi connectivity index (χ3n) is 3.22. The van der Waals surface area contributed by atoms with Crippen LogP contribution in [0.2, 0.25) is 0 Å². The van der Waals surface area contributed by atoms with E-state index in [1.807, 2.05) is 42.2 Å². The van der Waals surface area contributed by atoms with Gasteiger partial charge in [0.05, 0.1) is 12.6 Å². The van der Waals surface area contributed by atoms with Crippen molar-refractivity contribution < 1.29 is 14.6 Å². The molecule has 2 rings (SSSR count). The average molecular weight is 249 g/mol. The van der Waals surface area contributed by atoms with Crippen LogP contribution in [0.15, 0.2) is 30.3 Å². The molecule has 1 saturated heterocycles. The van der Waals surface area contributed by atoms with Gasteiger partial charge in [-0.3, -0.25) is 4.79 Å². The minimum Gasteiger partial charge on any atom is -0.396 e. The van der Waals surface area contributed by atoms with Crippen molar-refractivity contribution >= 4 is 5.91 Å². The zero-order chi connectivity index (χ0) is 13.0. The van der Waals surface area contributed by atoms with Crippen LogP contribution in [0, 0.1) is 0 Å². The molecule has 4 nitrogen and oxygen atoms in total. The van der Waals surface area contributed by atoms with Crippen molar-refractivity contribution in [2.24, 2.45) is 0 Å². The second kappa shape index (κ2) is 5.98. The van der Waals surface area contributed by atoms with Crippen molar-refractivity contribution in [1.82, 2.24) is 4.90 Å². The zero-order valence-corrected chi connectivity index (χ0v) is 10.6. The van der Waals surface area contributed by atoms with Gasteiger partial charge in [0.15, 0.2) is 0 Å². The lowest BCUT2D eigenvalue weighted by Crippen LogP contribution is -2.52. The summed E-state index contributed by atoms with van der Waals surface area (Å²) in [5, 5.41) is 8.93. The fourth-order valence-corrected chi connectivity index (χ4v) is 2.16. The summed E-state index contributed by atoms with van der Waals surface area (Å²) in [6.45, 7) is 3.09. The Morgan fingerprint density at radius 3 is 2.78 bits per heavy atom. The van der Waals surface area contributed by atoms with Crippen LogP contribution in [0.5, 0.6) is 0 Å². The van der Waals surface area contributed by atoms with Crippen LogP contribution in [0.3, 0.4) is 0 Å². The van der Waals surface area contributed by atoms with E-state index in [2.05, 4.69) is 0 Å². The predicted molar refractivity (Wildman–Crippen MR) is 67.9 cm³/mol. The highest BCUT2D eigenvalue weighted by Crippen LogP contribution is 2.18. The highest BCUT2D eigenvalue weighted by atomic mass is 16.5. The van der Waals surface area contributed by atoms with E-state index < -0.39 is 6.10 Å². The largest absolute Gasteiger partial charge is 0.396 e. The van der Waals surface area contributed by atoms with Crippen LogP contribution < -0.4 is 0 Å². The molecule has 1 aliphatic heterocycles. The number of aliphatic hydroxyl groups is 1. The number of carbonyl (C=O) groups is 1. The number of rotatable bonds is 4. The number of hydrogen-bond acceptors (Lipinski definition) is 3. The van der Waals surface area contributed by atoms with Crippen LogP contribution >= 0.6 is 0 Å². The molecule has 1 heterocycles. The molecule has 1 fully saturated rings.